The van der Waals surface area contributed by atoms with Crippen molar-refractivity contribution in [3.63, 3.8) is 0 Å². The van der Waals surface area contributed by atoms with Gasteiger partial charge < -0.3 is 25.7 Å². The van der Waals surface area contributed by atoms with E-state index in [9.17, 15) is 4.79 Å². The van der Waals surface area contributed by atoms with Gasteiger partial charge in [-0.25, -0.2) is 0 Å². The van der Waals surface area contributed by atoms with Gasteiger partial charge in [-0.3, -0.25) is 4.79 Å². The predicted molar refractivity (Wildman–Crippen MR) is 77.1 cm³/mol. The Hall–Kier alpha value is -1.34. The standard InChI is InChI=1S/C14H25N3O4/c15-12(17-19)14(5-3-1-2-4-6-14)13(18)16-9-11-10-20-7-8-21-11/h11,19H,1-10H2,(H2,15,17)(H,16,18). The number of oxime groups is 1. The molecule has 1 heterocycles. The summed E-state index contributed by atoms with van der Waals surface area (Å²) in [6, 6.07) is 0. The van der Waals surface area contributed by atoms with Crippen LogP contribution in [0.1, 0.15) is 38.5 Å². The third-order valence-corrected chi connectivity index (χ3v) is 4.37. The molecule has 2 fully saturated rings. The average molecular weight is 299 g/mol. The van der Waals surface area contributed by atoms with E-state index >= 15 is 0 Å². The van der Waals surface area contributed by atoms with Gasteiger partial charge in [0.2, 0.25) is 5.91 Å². The van der Waals surface area contributed by atoms with Crippen LogP contribution in [0.2, 0.25) is 0 Å². The summed E-state index contributed by atoms with van der Waals surface area (Å²) < 4.78 is 10.8. The van der Waals surface area contributed by atoms with E-state index in [2.05, 4.69) is 10.5 Å². The molecule has 21 heavy (non-hydrogen) atoms. The van der Waals surface area contributed by atoms with Crippen molar-refractivity contribution in [2.75, 3.05) is 26.4 Å². The van der Waals surface area contributed by atoms with Crippen molar-refractivity contribution in [3.05, 3.63) is 0 Å². The minimum absolute atomic E-state index is 0.0164. The maximum Gasteiger partial charge on any atom is 0.234 e. The highest BCUT2D eigenvalue weighted by Gasteiger charge is 2.43. The first-order chi connectivity index (χ1) is 10.2. The number of hydrogen-bond donors (Lipinski definition) is 3. The molecule has 1 amide bonds. The van der Waals surface area contributed by atoms with E-state index in [1.165, 1.54) is 0 Å². The Morgan fingerprint density at radius 3 is 2.57 bits per heavy atom. The molecule has 1 saturated heterocycles. The summed E-state index contributed by atoms with van der Waals surface area (Å²) in [5.41, 5.74) is 4.96. The summed E-state index contributed by atoms with van der Waals surface area (Å²) in [5.74, 6) is -0.156. The van der Waals surface area contributed by atoms with Crippen molar-refractivity contribution >= 4 is 11.7 Å². The van der Waals surface area contributed by atoms with E-state index in [0.717, 1.165) is 25.7 Å². The minimum Gasteiger partial charge on any atom is -0.409 e. The normalized spacial score (nSPS) is 26.9. The molecule has 4 N–H and O–H groups in total. The number of carbonyl (C=O) groups excluding carboxylic acids is 1. The van der Waals surface area contributed by atoms with Crippen LogP contribution in [0.4, 0.5) is 0 Å². The van der Waals surface area contributed by atoms with E-state index in [-0.39, 0.29) is 17.8 Å². The Bertz CT molecular complexity index is 372. The lowest BCUT2D eigenvalue weighted by atomic mass is 9.78. The molecule has 1 atom stereocenters. The first-order valence-electron chi connectivity index (χ1n) is 7.65. The van der Waals surface area contributed by atoms with Gasteiger partial charge in [-0.2, -0.15) is 0 Å². The molecule has 2 aliphatic rings. The van der Waals surface area contributed by atoms with Gasteiger partial charge >= 0.3 is 0 Å². The monoisotopic (exact) mass is 299 g/mol. The van der Waals surface area contributed by atoms with Gasteiger partial charge in [0.25, 0.3) is 0 Å². The number of amides is 1. The Labute approximate surface area is 124 Å². The van der Waals surface area contributed by atoms with Gasteiger partial charge in [0.1, 0.15) is 5.41 Å². The maximum absolute atomic E-state index is 12.6. The summed E-state index contributed by atoms with van der Waals surface area (Å²) in [7, 11) is 0. The molecule has 7 nitrogen and oxygen atoms in total. The van der Waals surface area contributed by atoms with Crippen molar-refractivity contribution < 1.29 is 19.5 Å². The lowest BCUT2D eigenvalue weighted by Crippen LogP contribution is -2.52. The highest BCUT2D eigenvalue weighted by atomic mass is 16.6. The summed E-state index contributed by atoms with van der Waals surface area (Å²) >= 11 is 0. The molecule has 1 aliphatic heterocycles. The molecule has 1 unspecified atom stereocenters. The van der Waals surface area contributed by atoms with Crippen LogP contribution in [0.3, 0.4) is 0 Å². The molecule has 0 aromatic carbocycles. The second-order valence-electron chi connectivity index (χ2n) is 5.76. The van der Waals surface area contributed by atoms with Crippen LogP contribution in [0.15, 0.2) is 5.16 Å². The molecule has 0 aromatic heterocycles. The fourth-order valence-corrected chi connectivity index (χ4v) is 3.06. The third-order valence-electron chi connectivity index (χ3n) is 4.37. The predicted octanol–water partition coefficient (Wildman–Crippen LogP) is 0.605. The first kappa shape index (κ1) is 16.0. The summed E-state index contributed by atoms with van der Waals surface area (Å²) in [6.45, 7) is 2.01. The summed E-state index contributed by atoms with van der Waals surface area (Å²) in [6.07, 6.45) is 5.09. The topological polar surface area (TPSA) is 106 Å². The van der Waals surface area contributed by atoms with E-state index < -0.39 is 5.41 Å². The van der Waals surface area contributed by atoms with Crippen LogP contribution in [-0.2, 0) is 14.3 Å². The Balaban J connectivity index is 1.99. The van der Waals surface area contributed by atoms with Gasteiger partial charge in [-0.1, -0.05) is 30.8 Å². The number of nitrogens with zero attached hydrogens (tertiary/aromatic N) is 1. The SMILES string of the molecule is NC(=NO)C1(C(=O)NCC2COCCO2)CCCCCC1. The number of ether oxygens (including phenoxy) is 2. The number of carbonyl (C=O) groups is 1. The number of rotatable bonds is 4. The van der Waals surface area contributed by atoms with Gasteiger partial charge in [0.05, 0.1) is 25.9 Å². The van der Waals surface area contributed by atoms with Crippen LogP contribution in [-0.4, -0.2) is 49.4 Å². The van der Waals surface area contributed by atoms with Crippen LogP contribution in [0, 0.1) is 5.41 Å². The van der Waals surface area contributed by atoms with E-state index in [1.54, 1.807) is 0 Å². The molecule has 0 radical (unpaired) electrons. The van der Waals surface area contributed by atoms with Crippen molar-refractivity contribution in [2.24, 2.45) is 16.3 Å². The second kappa shape index (κ2) is 7.61. The highest BCUT2D eigenvalue weighted by molar-refractivity contribution is 6.06. The van der Waals surface area contributed by atoms with Gasteiger partial charge in [-0.05, 0) is 12.8 Å². The zero-order chi connectivity index (χ0) is 15.1. The van der Waals surface area contributed by atoms with Crippen molar-refractivity contribution in [2.45, 2.75) is 44.6 Å². The molecular formula is C14H25N3O4. The van der Waals surface area contributed by atoms with E-state index in [1.807, 2.05) is 0 Å². The molecule has 0 spiro atoms. The Morgan fingerprint density at radius 2 is 2.00 bits per heavy atom. The molecule has 1 saturated carbocycles. The highest BCUT2D eigenvalue weighted by Crippen LogP contribution is 2.35. The maximum atomic E-state index is 12.6. The molecule has 7 heteroatoms. The van der Waals surface area contributed by atoms with Crippen LogP contribution in [0.25, 0.3) is 0 Å². The van der Waals surface area contributed by atoms with Crippen LogP contribution in [0.5, 0.6) is 0 Å². The minimum atomic E-state index is -0.888. The smallest absolute Gasteiger partial charge is 0.234 e. The molecule has 0 aromatic rings. The first-order valence-corrected chi connectivity index (χ1v) is 7.65. The van der Waals surface area contributed by atoms with Crippen LogP contribution >= 0.6 is 0 Å². The summed E-state index contributed by atoms with van der Waals surface area (Å²) in [5, 5.41) is 15.1. The zero-order valence-electron chi connectivity index (χ0n) is 12.3. The van der Waals surface area contributed by atoms with Crippen molar-refractivity contribution in [1.82, 2.24) is 5.32 Å². The fourth-order valence-electron chi connectivity index (χ4n) is 3.06. The zero-order valence-corrected chi connectivity index (χ0v) is 12.3. The summed E-state index contributed by atoms with van der Waals surface area (Å²) in [4.78, 5) is 12.6. The molecule has 2 rings (SSSR count). The molecular weight excluding hydrogens is 274 g/mol. The fraction of sp³-hybridized carbons (Fsp3) is 0.857. The molecule has 1 aliphatic carbocycles. The number of amidine groups is 1. The van der Waals surface area contributed by atoms with Crippen LogP contribution < -0.4 is 11.1 Å². The number of nitrogens with one attached hydrogen (secondary N) is 1. The third kappa shape index (κ3) is 3.85. The Kier molecular flexibility index (Phi) is 5.81. The second-order valence-corrected chi connectivity index (χ2v) is 5.76. The Morgan fingerprint density at radius 1 is 1.29 bits per heavy atom. The average Bonchev–Trinajstić information content (AvgIpc) is 2.79. The van der Waals surface area contributed by atoms with Crippen molar-refractivity contribution in [1.29, 1.82) is 0 Å². The van der Waals surface area contributed by atoms with Gasteiger partial charge in [0.15, 0.2) is 5.84 Å². The number of nitrogens with two attached hydrogens (primary N) is 1. The van der Waals surface area contributed by atoms with E-state index in [4.69, 9.17) is 20.4 Å². The van der Waals surface area contributed by atoms with Crippen molar-refractivity contribution in [3.8, 4) is 0 Å². The van der Waals surface area contributed by atoms with E-state index in [0.29, 0.717) is 39.2 Å². The quantitative estimate of drug-likeness (QED) is 0.232. The number of hydrogen-bond acceptors (Lipinski definition) is 5. The lowest BCUT2D eigenvalue weighted by molar-refractivity contribution is -0.130. The van der Waals surface area contributed by atoms with Gasteiger partial charge in [-0.15, -0.1) is 0 Å². The lowest BCUT2D eigenvalue weighted by Gasteiger charge is -2.31. The molecule has 0 bridgehead atoms. The molecule has 120 valence electrons. The largest absolute Gasteiger partial charge is 0.409 e. The van der Waals surface area contributed by atoms with Gasteiger partial charge in [0, 0.05) is 6.54 Å².